The summed E-state index contributed by atoms with van der Waals surface area (Å²) < 4.78 is 0. The molecule has 1 aromatic heterocycles. The minimum atomic E-state index is -0.675. The number of nitrogens with two attached hydrogens (primary N) is 1. The van der Waals surface area contributed by atoms with Crippen LogP contribution in [0, 0.1) is 0 Å². The van der Waals surface area contributed by atoms with E-state index < -0.39 is 5.54 Å². The zero-order chi connectivity index (χ0) is 17.4. The third-order valence-electron chi connectivity index (χ3n) is 4.98. The van der Waals surface area contributed by atoms with Gasteiger partial charge in [-0.25, -0.2) is 0 Å². The molecule has 0 spiro atoms. The molecule has 1 atom stereocenters. The summed E-state index contributed by atoms with van der Waals surface area (Å²) in [5.41, 5.74) is 8.52. The number of carbonyl (C=O) groups is 1. The Labute approximate surface area is 151 Å². The molecule has 1 aliphatic carbocycles. The van der Waals surface area contributed by atoms with Gasteiger partial charge in [0.2, 0.25) is 5.91 Å². The molecule has 128 valence electrons. The zero-order valence-electron chi connectivity index (χ0n) is 13.8. The molecule has 1 fully saturated rings. The van der Waals surface area contributed by atoms with Crippen LogP contribution in [0.15, 0.2) is 54.7 Å². The van der Waals surface area contributed by atoms with Crippen molar-refractivity contribution in [3.05, 3.63) is 70.9 Å². The highest BCUT2D eigenvalue weighted by molar-refractivity contribution is 6.31. The van der Waals surface area contributed by atoms with E-state index in [1.54, 1.807) is 0 Å². The SMILES string of the molecule is NC1(C(=O)NCC(c2ccccc2Cl)c2c[nH]c3ccccc23)CC1. The van der Waals surface area contributed by atoms with Crippen LogP contribution in [0.3, 0.4) is 0 Å². The molecule has 4 rings (SSSR count). The number of aromatic nitrogens is 1. The monoisotopic (exact) mass is 353 g/mol. The maximum absolute atomic E-state index is 12.3. The van der Waals surface area contributed by atoms with Gasteiger partial charge in [0.15, 0.2) is 0 Å². The second-order valence-corrected chi connectivity index (χ2v) is 7.14. The average molecular weight is 354 g/mol. The number of para-hydroxylation sites is 1. The fraction of sp³-hybridized carbons (Fsp3) is 0.250. The summed E-state index contributed by atoms with van der Waals surface area (Å²) in [6.07, 6.45) is 3.51. The molecule has 1 amide bonds. The number of fused-ring (bicyclic) bond motifs is 1. The zero-order valence-corrected chi connectivity index (χ0v) is 14.5. The Kier molecular flexibility index (Phi) is 4.02. The molecule has 2 aromatic carbocycles. The Bertz CT molecular complexity index is 929. The van der Waals surface area contributed by atoms with Crippen molar-refractivity contribution in [2.75, 3.05) is 6.54 Å². The molecule has 1 aliphatic rings. The van der Waals surface area contributed by atoms with E-state index in [1.807, 2.05) is 48.7 Å². The molecular formula is C20H20ClN3O. The summed E-state index contributed by atoms with van der Waals surface area (Å²) in [6.45, 7) is 0.462. The quantitative estimate of drug-likeness (QED) is 0.656. The van der Waals surface area contributed by atoms with Crippen molar-refractivity contribution in [2.45, 2.75) is 24.3 Å². The van der Waals surface area contributed by atoms with Gasteiger partial charge in [0.1, 0.15) is 0 Å². The smallest absolute Gasteiger partial charge is 0.240 e. The standard InChI is InChI=1S/C20H20ClN3O/c21-17-7-3-1-5-13(17)15(12-24-19(25)20(22)9-10-20)16-11-23-18-8-4-2-6-14(16)18/h1-8,11,15,23H,9-10,12,22H2,(H,24,25). The maximum Gasteiger partial charge on any atom is 0.240 e. The van der Waals surface area contributed by atoms with Gasteiger partial charge in [-0.1, -0.05) is 48.0 Å². The highest BCUT2D eigenvalue weighted by Crippen LogP contribution is 2.35. The van der Waals surface area contributed by atoms with E-state index in [-0.39, 0.29) is 11.8 Å². The van der Waals surface area contributed by atoms with Crippen molar-refractivity contribution in [3.63, 3.8) is 0 Å². The number of halogens is 1. The molecule has 0 saturated heterocycles. The van der Waals surface area contributed by atoms with Crippen LogP contribution in [-0.2, 0) is 4.79 Å². The van der Waals surface area contributed by atoms with Crippen molar-refractivity contribution >= 4 is 28.4 Å². The van der Waals surface area contributed by atoms with Crippen molar-refractivity contribution < 1.29 is 4.79 Å². The van der Waals surface area contributed by atoms with Crippen LogP contribution >= 0.6 is 11.6 Å². The van der Waals surface area contributed by atoms with Gasteiger partial charge in [0.25, 0.3) is 0 Å². The van der Waals surface area contributed by atoms with E-state index >= 15 is 0 Å². The van der Waals surface area contributed by atoms with Crippen LogP contribution in [0.5, 0.6) is 0 Å². The van der Waals surface area contributed by atoms with Gasteiger partial charge in [-0.2, -0.15) is 0 Å². The maximum atomic E-state index is 12.3. The normalized spacial score (nSPS) is 16.6. The van der Waals surface area contributed by atoms with Gasteiger partial charge in [-0.05, 0) is 36.1 Å². The summed E-state index contributed by atoms with van der Waals surface area (Å²) in [4.78, 5) is 15.6. The van der Waals surface area contributed by atoms with E-state index in [2.05, 4.69) is 16.4 Å². The van der Waals surface area contributed by atoms with E-state index in [1.165, 1.54) is 0 Å². The fourth-order valence-corrected chi connectivity index (χ4v) is 3.53. The lowest BCUT2D eigenvalue weighted by Crippen LogP contribution is -2.44. The van der Waals surface area contributed by atoms with Crippen LogP contribution in [0.25, 0.3) is 10.9 Å². The number of rotatable bonds is 5. The third-order valence-corrected chi connectivity index (χ3v) is 5.33. The molecule has 4 nitrogen and oxygen atoms in total. The van der Waals surface area contributed by atoms with Gasteiger partial charge >= 0.3 is 0 Å². The second kappa shape index (κ2) is 6.21. The number of hydrogen-bond donors (Lipinski definition) is 3. The van der Waals surface area contributed by atoms with Crippen LogP contribution in [-0.4, -0.2) is 23.0 Å². The molecular weight excluding hydrogens is 334 g/mol. The number of aromatic amines is 1. The van der Waals surface area contributed by atoms with Gasteiger partial charge in [0, 0.05) is 34.6 Å². The number of amides is 1. The summed E-state index contributed by atoms with van der Waals surface area (Å²) in [6, 6.07) is 15.9. The lowest BCUT2D eigenvalue weighted by molar-refractivity contribution is -0.123. The first-order valence-corrected chi connectivity index (χ1v) is 8.84. The van der Waals surface area contributed by atoms with Crippen molar-refractivity contribution in [3.8, 4) is 0 Å². The fourth-order valence-electron chi connectivity index (χ4n) is 3.26. The Morgan fingerprint density at radius 3 is 2.64 bits per heavy atom. The molecule has 3 aromatic rings. The molecule has 0 bridgehead atoms. The molecule has 25 heavy (non-hydrogen) atoms. The van der Waals surface area contributed by atoms with Crippen molar-refractivity contribution in [1.82, 2.24) is 10.3 Å². The van der Waals surface area contributed by atoms with Crippen LogP contribution < -0.4 is 11.1 Å². The number of benzene rings is 2. The van der Waals surface area contributed by atoms with E-state index in [9.17, 15) is 4.79 Å². The Balaban J connectivity index is 1.71. The van der Waals surface area contributed by atoms with Crippen LogP contribution in [0.1, 0.15) is 29.9 Å². The molecule has 0 radical (unpaired) electrons. The second-order valence-electron chi connectivity index (χ2n) is 6.73. The van der Waals surface area contributed by atoms with E-state index in [4.69, 9.17) is 17.3 Å². The Morgan fingerprint density at radius 1 is 1.16 bits per heavy atom. The summed E-state index contributed by atoms with van der Waals surface area (Å²) in [7, 11) is 0. The predicted molar refractivity (Wildman–Crippen MR) is 101 cm³/mol. The topological polar surface area (TPSA) is 70.9 Å². The minimum Gasteiger partial charge on any atom is -0.361 e. The van der Waals surface area contributed by atoms with Crippen molar-refractivity contribution in [2.24, 2.45) is 5.73 Å². The molecule has 1 unspecified atom stereocenters. The van der Waals surface area contributed by atoms with E-state index in [0.717, 1.165) is 34.9 Å². The van der Waals surface area contributed by atoms with Crippen LogP contribution in [0.4, 0.5) is 0 Å². The predicted octanol–water partition coefficient (Wildman–Crippen LogP) is 3.56. The lowest BCUT2D eigenvalue weighted by atomic mass is 9.90. The largest absolute Gasteiger partial charge is 0.361 e. The first kappa shape index (κ1) is 16.2. The summed E-state index contributed by atoms with van der Waals surface area (Å²) >= 11 is 6.46. The first-order chi connectivity index (χ1) is 12.1. The van der Waals surface area contributed by atoms with Gasteiger partial charge < -0.3 is 16.0 Å². The van der Waals surface area contributed by atoms with Crippen LogP contribution in [0.2, 0.25) is 5.02 Å². The highest BCUT2D eigenvalue weighted by Gasteiger charge is 2.45. The Hall–Kier alpha value is -2.30. The third kappa shape index (κ3) is 3.03. The van der Waals surface area contributed by atoms with Crippen molar-refractivity contribution in [1.29, 1.82) is 0 Å². The minimum absolute atomic E-state index is 0.0452. The first-order valence-electron chi connectivity index (χ1n) is 8.46. The molecule has 1 heterocycles. The summed E-state index contributed by atoms with van der Waals surface area (Å²) in [5, 5.41) is 4.86. The number of hydrogen-bond acceptors (Lipinski definition) is 2. The number of nitrogens with one attached hydrogen (secondary N) is 2. The average Bonchev–Trinajstić information content (AvgIpc) is 3.24. The highest BCUT2D eigenvalue weighted by atomic mass is 35.5. The van der Waals surface area contributed by atoms with Gasteiger partial charge in [-0.3, -0.25) is 4.79 Å². The number of H-pyrrole nitrogens is 1. The van der Waals surface area contributed by atoms with Gasteiger partial charge in [0.05, 0.1) is 5.54 Å². The molecule has 0 aliphatic heterocycles. The number of carbonyl (C=O) groups excluding carboxylic acids is 1. The van der Waals surface area contributed by atoms with Gasteiger partial charge in [-0.15, -0.1) is 0 Å². The molecule has 4 N–H and O–H groups in total. The molecule has 5 heteroatoms. The lowest BCUT2D eigenvalue weighted by Gasteiger charge is -2.20. The summed E-state index contributed by atoms with van der Waals surface area (Å²) in [5.74, 6) is -0.124. The Morgan fingerprint density at radius 2 is 1.88 bits per heavy atom. The molecule has 1 saturated carbocycles. The van der Waals surface area contributed by atoms with E-state index in [0.29, 0.717) is 11.6 Å².